The zero-order valence-electron chi connectivity index (χ0n) is 36.0. The summed E-state index contributed by atoms with van der Waals surface area (Å²) in [6.45, 7) is 8.80. The van der Waals surface area contributed by atoms with Gasteiger partial charge in [0, 0.05) is 44.8 Å². The zero-order valence-corrected chi connectivity index (χ0v) is 41.0. The first-order valence-corrected chi connectivity index (χ1v) is 31.0. The first-order chi connectivity index (χ1) is 31.1. The molecule has 0 amide bonds. The first kappa shape index (κ1) is 43.5. The van der Waals surface area contributed by atoms with Crippen molar-refractivity contribution in [2.75, 3.05) is 12.5 Å². The van der Waals surface area contributed by atoms with Crippen molar-refractivity contribution in [1.82, 2.24) is 9.13 Å². The molecule has 0 radical (unpaired) electrons. The van der Waals surface area contributed by atoms with Crippen molar-refractivity contribution in [3.63, 3.8) is 0 Å². The van der Waals surface area contributed by atoms with Crippen LogP contribution in [0.15, 0.2) is 170 Å². The number of rotatable bonds is 10. The summed E-state index contributed by atoms with van der Waals surface area (Å²) in [5.74, 6) is 2.15. The van der Waals surface area contributed by atoms with Gasteiger partial charge in [-0.05, 0) is 85.6 Å². The van der Waals surface area contributed by atoms with E-state index in [1.54, 1.807) is 0 Å². The number of halogens is 2. The quantitative estimate of drug-likeness (QED) is 0.106. The number of hydrogen-bond acceptors (Lipinski definition) is 2. The number of para-hydroxylation sites is 6. The van der Waals surface area contributed by atoms with Crippen LogP contribution < -0.4 is 0 Å². The molecule has 10 heteroatoms. The van der Waals surface area contributed by atoms with E-state index in [1.807, 2.05) is 60.7 Å². The van der Waals surface area contributed by atoms with E-state index in [9.17, 15) is 10.2 Å². The topological polar surface area (TPSA) is 75.9 Å². The minimum atomic E-state index is -2.06. The van der Waals surface area contributed by atoms with Crippen molar-refractivity contribution in [2.45, 2.75) is 26.9 Å². The fourth-order valence-electron chi connectivity index (χ4n) is 8.96. The van der Waals surface area contributed by atoms with E-state index in [4.69, 9.17) is 26.5 Å². The Hall–Kier alpha value is -5.76. The summed E-state index contributed by atoms with van der Waals surface area (Å²) in [7, 11) is 7.80. The summed E-state index contributed by atoms with van der Waals surface area (Å²) < 4.78 is 14.9. The molecule has 0 unspecified atom stereocenters. The summed E-state index contributed by atoms with van der Waals surface area (Å²) in [5, 5.41) is 28.9. The van der Waals surface area contributed by atoms with E-state index in [0.29, 0.717) is 12.5 Å². The van der Waals surface area contributed by atoms with Gasteiger partial charge in [0.15, 0.2) is 12.5 Å². The predicted molar refractivity (Wildman–Crippen MR) is 267 cm³/mol. The van der Waals surface area contributed by atoms with Gasteiger partial charge in [-0.3, -0.25) is 0 Å². The van der Waals surface area contributed by atoms with E-state index in [-0.39, 0.29) is 11.5 Å². The molecule has 6 nitrogen and oxygen atoms in total. The summed E-state index contributed by atoms with van der Waals surface area (Å²) >= 11 is -0.826. The number of benzene rings is 8. The Kier molecular flexibility index (Phi) is 12.5. The molecule has 0 spiro atoms. The molecule has 8 aromatic carbocycles. The molecular weight excluding hydrogens is 931 g/mol. The minimum absolute atomic E-state index is 0.226. The van der Waals surface area contributed by atoms with Gasteiger partial charge in [0.05, 0.1) is 44.6 Å². The van der Waals surface area contributed by atoms with Gasteiger partial charge >= 0.3 is 37.9 Å². The van der Waals surface area contributed by atoms with Gasteiger partial charge < -0.3 is 28.8 Å². The molecule has 0 aliphatic carbocycles. The van der Waals surface area contributed by atoms with Crippen LogP contribution in [0.5, 0.6) is 23.0 Å². The fraction of sp³-hybridized carbons (Fsp3) is 0.111. The number of aromatic nitrogens is 2. The van der Waals surface area contributed by atoms with E-state index in [0.717, 1.165) is 99.9 Å². The molecule has 0 bridgehead atoms. The Morgan fingerprint density at radius 2 is 0.750 bits per heavy atom. The number of hydrogen-bond donors (Lipinski definition) is 2. The molecule has 64 heavy (non-hydrogen) atoms. The van der Waals surface area contributed by atoms with Gasteiger partial charge in [-0.15, -0.1) is 0 Å². The van der Waals surface area contributed by atoms with Gasteiger partial charge in [0.25, 0.3) is 19.6 Å². The second kappa shape index (κ2) is 18.4. The van der Waals surface area contributed by atoms with Crippen molar-refractivity contribution in [3.05, 3.63) is 181 Å². The molecular formula is C54H48Cl2N2O4SiZr+2. The molecule has 4 N–H and O–H groups in total. The summed E-state index contributed by atoms with van der Waals surface area (Å²) in [6, 6.07) is 58.0. The normalized spacial score (nSPS) is 11.5. The maximum atomic E-state index is 12.2. The third kappa shape index (κ3) is 8.25. The molecule has 0 saturated heterocycles. The molecule has 10 aromatic rings. The van der Waals surface area contributed by atoms with Crippen molar-refractivity contribution in [2.24, 2.45) is 0 Å². The number of fused-ring (bicyclic) bond motifs is 6. The number of phenols is 2. The number of aryl methyl sites for hydroxylation is 2. The second-order valence-electron chi connectivity index (χ2n) is 17.0. The zero-order chi connectivity index (χ0) is 44.5. The van der Waals surface area contributed by atoms with Gasteiger partial charge in [-0.25, -0.2) is 0 Å². The van der Waals surface area contributed by atoms with E-state index in [1.165, 1.54) is 0 Å². The SMILES string of the molecule is Cc1cc(-c2ccccc2[OH+]C[Si](C)(C)C[OH+]c2ccccc2-c2cc(C)cc(-n3c4ccccc4c4ccccc43)c2O)c(O)c(-n2c3ccccc3c3ccccc32)c1.[Cl][Zr][Cl]. The molecule has 10 rings (SSSR count). The Balaban J connectivity index is 0.00000168. The van der Waals surface area contributed by atoms with Crippen LogP contribution in [-0.4, -0.2) is 49.4 Å². The van der Waals surface area contributed by atoms with Crippen LogP contribution in [0.1, 0.15) is 11.1 Å². The van der Waals surface area contributed by atoms with Crippen LogP contribution in [0.4, 0.5) is 0 Å². The fourth-order valence-corrected chi connectivity index (χ4v) is 10.3. The van der Waals surface area contributed by atoms with Crippen LogP contribution in [0.25, 0.3) is 77.2 Å². The Morgan fingerprint density at radius 1 is 0.453 bits per heavy atom. The number of aromatic hydroxyl groups is 4. The summed E-state index contributed by atoms with van der Waals surface area (Å²) in [4.78, 5) is 0. The van der Waals surface area contributed by atoms with Gasteiger partial charge in [-0.2, -0.15) is 0 Å². The molecule has 0 fully saturated rings. The first-order valence-electron chi connectivity index (χ1n) is 21.2. The molecule has 0 aliphatic heterocycles. The van der Waals surface area contributed by atoms with E-state index in [2.05, 4.69) is 145 Å². The number of phenolic OH excluding ortho intramolecular Hbond substituents is 2. The standard InChI is InChI=1S/C54H46N2O4Si.2ClH.Zr/c1-35-29-43(53(57)49(31-35)55-45-23-11-5-17-37(45)38-18-6-12-24-46(38)55)41-21-9-15-27-51(41)59-33-61(3,4)34-60-52-28-16-10-22-42(52)44-30-36(2)32-50(54(44)58)56-47-25-13-7-19-39(47)40-20-8-14-26-48(40)56;;;/h5-32,57-58H,33-34H2,1-4H3;2*1H;/q;;;+2. The van der Waals surface area contributed by atoms with Gasteiger partial charge in [0.2, 0.25) is 0 Å². The Morgan fingerprint density at radius 3 is 1.09 bits per heavy atom. The van der Waals surface area contributed by atoms with Crippen LogP contribution in [0.3, 0.4) is 0 Å². The van der Waals surface area contributed by atoms with Gasteiger partial charge in [0.1, 0.15) is 11.5 Å². The third-order valence-electron chi connectivity index (χ3n) is 11.9. The average Bonchev–Trinajstić information content (AvgIpc) is 3.82. The summed E-state index contributed by atoms with van der Waals surface area (Å²) in [5.41, 5.74) is 11.1. The molecule has 0 atom stereocenters. The van der Waals surface area contributed by atoms with Crippen molar-refractivity contribution in [3.8, 4) is 56.6 Å². The van der Waals surface area contributed by atoms with Crippen molar-refractivity contribution >= 4 is 68.7 Å². The second-order valence-corrected chi connectivity index (χ2v) is 25.7. The molecule has 2 heterocycles. The van der Waals surface area contributed by atoms with Crippen LogP contribution >= 0.6 is 17.0 Å². The summed E-state index contributed by atoms with van der Waals surface area (Å²) in [6.07, 6.45) is 1.30. The number of ether oxygens (including phenoxy) is 2. The van der Waals surface area contributed by atoms with E-state index >= 15 is 0 Å². The molecule has 2 aromatic heterocycles. The predicted octanol–water partition coefficient (Wildman–Crippen LogP) is 14.6. The van der Waals surface area contributed by atoms with Crippen LogP contribution in [0.2, 0.25) is 13.1 Å². The van der Waals surface area contributed by atoms with Gasteiger partial charge in [-0.1, -0.05) is 110 Å². The Labute approximate surface area is 392 Å². The van der Waals surface area contributed by atoms with Crippen LogP contribution in [-0.2, 0) is 20.8 Å². The maximum absolute atomic E-state index is 12.2. The van der Waals surface area contributed by atoms with Crippen molar-refractivity contribution in [1.29, 1.82) is 0 Å². The van der Waals surface area contributed by atoms with Crippen molar-refractivity contribution < 1.29 is 40.5 Å². The molecule has 318 valence electrons. The molecule has 0 saturated carbocycles. The Bertz CT molecular complexity index is 3020. The monoisotopic (exact) mass is 976 g/mol. The van der Waals surface area contributed by atoms with Crippen LogP contribution in [0, 0.1) is 13.8 Å². The average molecular weight is 979 g/mol. The van der Waals surface area contributed by atoms with E-state index < -0.39 is 28.9 Å². The number of nitrogens with zero attached hydrogens (tertiary/aromatic N) is 2. The molecule has 0 aliphatic rings. The third-order valence-corrected chi connectivity index (χ3v) is 13.9. The number of aliphatic hydroxyl groups is 2.